The number of hydrogen-bond donors (Lipinski definition) is 2. The number of aryl methyl sites for hydroxylation is 2. The van der Waals surface area contributed by atoms with Crippen molar-refractivity contribution in [1.82, 2.24) is 20.4 Å². The van der Waals surface area contributed by atoms with Gasteiger partial charge in [-0.2, -0.15) is 0 Å². The lowest BCUT2D eigenvalue weighted by Crippen LogP contribution is -2.29. The molecule has 2 heterocycles. The first kappa shape index (κ1) is 11.3. The van der Waals surface area contributed by atoms with Crippen molar-refractivity contribution in [3.8, 4) is 0 Å². The van der Waals surface area contributed by atoms with Gasteiger partial charge in [-0.3, -0.25) is 16.0 Å². The smallest absolute Gasteiger partial charge is 0.0846 e. The third-order valence-electron chi connectivity index (χ3n) is 2.48. The first-order chi connectivity index (χ1) is 7.70. The molecular weight excluding hydrogens is 222 g/mol. The van der Waals surface area contributed by atoms with Gasteiger partial charge in [-0.25, -0.2) is 0 Å². The molecule has 0 aliphatic carbocycles. The number of nitrogens with one attached hydrogen (secondary N) is 1. The molecule has 2 aromatic heterocycles. The fourth-order valence-corrected chi connectivity index (χ4v) is 2.66. The molecule has 0 aliphatic heterocycles. The van der Waals surface area contributed by atoms with Gasteiger partial charge in [0.25, 0.3) is 0 Å². The van der Waals surface area contributed by atoms with Crippen LogP contribution in [0, 0.1) is 6.92 Å². The molecule has 0 amide bonds. The average Bonchev–Trinajstić information content (AvgIpc) is 2.84. The molecule has 1 unspecified atom stereocenters. The van der Waals surface area contributed by atoms with Gasteiger partial charge in [0, 0.05) is 24.5 Å². The Hall–Kier alpha value is -1.24. The monoisotopic (exact) mass is 237 g/mol. The number of hydrazine groups is 1. The highest BCUT2D eigenvalue weighted by Gasteiger charge is 2.15. The zero-order chi connectivity index (χ0) is 11.5. The first-order valence-corrected chi connectivity index (χ1v) is 5.94. The summed E-state index contributed by atoms with van der Waals surface area (Å²) in [5.74, 6) is 5.59. The Bertz CT molecular complexity index is 461. The Balaban J connectivity index is 2.15. The summed E-state index contributed by atoms with van der Waals surface area (Å²) in [7, 11) is 1.86. The molecule has 5 nitrogen and oxygen atoms in total. The standard InChI is InChI=1S/C10H15N5S/c1-7-3-4-16-10(7)9(12-11)5-8-6-15(2)14-13-8/h3-4,6,9,12H,5,11H2,1-2H3. The van der Waals surface area contributed by atoms with Gasteiger partial charge in [-0.05, 0) is 23.9 Å². The summed E-state index contributed by atoms with van der Waals surface area (Å²) in [6.07, 6.45) is 2.67. The van der Waals surface area contributed by atoms with Gasteiger partial charge in [0.15, 0.2) is 0 Å². The van der Waals surface area contributed by atoms with Crippen LogP contribution in [0.1, 0.15) is 22.2 Å². The zero-order valence-corrected chi connectivity index (χ0v) is 10.2. The van der Waals surface area contributed by atoms with E-state index in [1.165, 1.54) is 10.4 Å². The largest absolute Gasteiger partial charge is 0.271 e. The quantitative estimate of drug-likeness (QED) is 0.613. The van der Waals surface area contributed by atoms with E-state index in [9.17, 15) is 0 Å². The summed E-state index contributed by atoms with van der Waals surface area (Å²) < 4.78 is 1.70. The van der Waals surface area contributed by atoms with E-state index in [1.54, 1.807) is 16.0 Å². The zero-order valence-electron chi connectivity index (χ0n) is 9.34. The molecule has 3 N–H and O–H groups in total. The lowest BCUT2D eigenvalue weighted by molar-refractivity contribution is 0.551. The Morgan fingerprint density at radius 1 is 1.62 bits per heavy atom. The molecule has 6 heteroatoms. The second-order valence-corrected chi connectivity index (χ2v) is 4.72. The van der Waals surface area contributed by atoms with Crippen LogP contribution in [0.25, 0.3) is 0 Å². The second-order valence-electron chi connectivity index (χ2n) is 3.77. The van der Waals surface area contributed by atoms with Crippen LogP contribution >= 0.6 is 11.3 Å². The van der Waals surface area contributed by atoms with Crippen LogP contribution in [0.2, 0.25) is 0 Å². The van der Waals surface area contributed by atoms with Gasteiger partial charge in [0.05, 0.1) is 11.7 Å². The topological polar surface area (TPSA) is 68.8 Å². The third-order valence-corrected chi connectivity index (χ3v) is 3.62. The highest BCUT2D eigenvalue weighted by Crippen LogP contribution is 2.25. The van der Waals surface area contributed by atoms with Crippen LogP contribution in [0.5, 0.6) is 0 Å². The molecule has 0 fully saturated rings. The van der Waals surface area contributed by atoms with Crippen molar-refractivity contribution < 1.29 is 0 Å². The number of rotatable bonds is 4. The number of nitrogens with two attached hydrogens (primary N) is 1. The van der Waals surface area contributed by atoms with E-state index in [2.05, 4.69) is 34.1 Å². The molecule has 0 spiro atoms. The van der Waals surface area contributed by atoms with Gasteiger partial charge in [0.2, 0.25) is 0 Å². The Labute approximate surface area is 98.2 Å². The maximum atomic E-state index is 5.59. The molecular formula is C10H15N5S. The highest BCUT2D eigenvalue weighted by molar-refractivity contribution is 7.10. The summed E-state index contributed by atoms with van der Waals surface area (Å²) >= 11 is 1.71. The van der Waals surface area contributed by atoms with Gasteiger partial charge < -0.3 is 0 Å². The second kappa shape index (κ2) is 4.73. The average molecular weight is 237 g/mol. The van der Waals surface area contributed by atoms with Crippen molar-refractivity contribution >= 4 is 11.3 Å². The van der Waals surface area contributed by atoms with E-state index in [1.807, 2.05) is 13.2 Å². The van der Waals surface area contributed by atoms with E-state index in [4.69, 9.17) is 5.84 Å². The van der Waals surface area contributed by atoms with Crippen LogP contribution in [0.15, 0.2) is 17.6 Å². The predicted molar refractivity (Wildman–Crippen MR) is 63.8 cm³/mol. The van der Waals surface area contributed by atoms with Crippen LogP contribution in [-0.2, 0) is 13.5 Å². The normalized spacial score (nSPS) is 12.9. The Kier molecular flexibility index (Phi) is 3.33. The molecule has 86 valence electrons. The summed E-state index contributed by atoms with van der Waals surface area (Å²) in [5, 5.41) is 10.0. The minimum atomic E-state index is 0.108. The summed E-state index contributed by atoms with van der Waals surface area (Å²) in [4.78, 5) is 1.26. The lowest BCUT2D eigenvalue weighted by Gasteiger charge is -2.13. The van der Waals surface area contributed by atoms with Crippen LogP contribution in [-0.4, -0.2) is 15.0 Å². The van der Waals surface area contributed by atoms with E-state index in [0.717, 1.165) is 12.1 Å². The molecule has 2 rings (SSSR count). The van der Waals surface area contributed by atoms with Gasteiger partial charge in [-0.15, -0.1) is 16.4 Å². The molecule has 0 radical (unpaired) electrons. The molecule has 1 atom stereocenters. The van der Waals surface area contributed by atoms with Crippen molar-refractivity contribution in [2.24, 2.45) is 12.9 Å². The van der Waals surface area contributed by atoms with Crippen LogP contribution in [0.4, 0.5) is 0 Å². The van der Waals surface area contributed by atoms with Crippen molar-refractivity contribution in [3.63, 3.8) is 0 Å². The predicted octanol–water partition coefficient (Wildman–Crippen LogP) is 0.932. The van der Waals surface area contributed by atoms with Crippen molar-refractivity contribution in [3.05, 3.63) is 33.8 Å². The number of thiophene rings is 1. The molecule has 2 aromatic rings. The van der Waals surface area contributed by atoms with E-state index in [-0.39, 0.29) is 6.04 Å². The van der Waals surface area contributed by atoms with Crippen molar-refractivity contribution in [1.29, 1.82) is 0 Å². The molecule has 0 aromatic carbocycles. The van der Waals surface area contributed by atoms with E-state index < -0.39 is 0 Å². The molecule has 0 bridgehead atoms. The fraction of sp³-hybridized carbons (Fsp3) is 0.400. The molecule has 16 heavy (non-hydrogen) atoms. The maximum Gasteiger partial charge on any atom is 0.0846 e. The Morgan fingerprint density at radius 3 is 2.94 bits per heavy atom. The number of aromatic nitrogens is 3. The summed E-state index contributed by atoms with van der Waals surface area (Å²) in [6.45, 7) is 2.09. The van der Waals surface area contributed by atoms with Crippen molar-refractivity contribution in [2.75, 3.05) is 0 Å². The van der Waals surface area contributed by atoms with Crippen molar-refractivity contribution in [2.45, 2.75) is 19.4 Å². The van der Waals surface area contributed by atoms with E-state index in [0.29, 0.717) is 0 Å². The summed E-state index contributed by atoms with van der Waals surface area (Å²) in [5.41, 5.74) is 5.04. The van der Waals surface area contributed by atoms with Crippen LogP contribution in [0.3, 0.4) is 0 Å². The van der Waals surface area contributed by atoms with Gasteiger partial charge in [0.1, 0.15) is 0 Å². The molecule has 0 saturated heterocycles. The molecule has 0 saturated carbocycles. The number of hydrogen-bond acceptors (Lipinski definition) is 5. The third kappa shape index (κ3) is 2.29. The van der Waals surface area contributed by atoms with Gasteiger partial charge >= 0.3 is 0 Å². The first-order valence-electron chi connectivity index (χ1n) is 5.06. The lowest BCUT2D eigenvalue weighted by atomic mass is 10.1. The summed E-state index contributed by atoms with van der Waals surface area (Å²) in [6, 6.07) is 2.21. The van der Waals surface area contributed by atoms with E-state index >= 15 is 0 Å². The number of nitrogens with zero attached hydrogens (tertiary/aromatic N) is 3. The van der Waals surface area contributed by atoms with Crippen LogP contribution < -0.4 is 11.3 Å². The SMILES string of the molecule is Cc1ccsc1C(Cc1cn(C)nn1)NN. The van der Waals surface area contributed by atoms with Gasteiger partial charge in [-0.1, -0.05) is 5.21 Å². The minimum Gasteiger partial charge on any atom is -0.271 e. The molecule has 0 aliphatic rings. The Morgan fingerprint density at radius 2 is 2.44 bits per heavy atom. The fourth-order valence-electron chi connectivity index (χ4n) is 1.67. The minimum absolute atomic E-state index is 0.108. The maximum absolute atomic E-state index is 5.59. The highest BCUT2D eigenvalue weighted by atomic mass is 32.1.